The third-order valence-corrected chi connectivity index (χ3v) is 6.10. The van der Waals surface area contributed by atoms with Crippen molar-refractivity contribution in [1.82, 2.24) is 19.9 Å². The number of aromatic nitrogens is 4. The second-order valence-electron chi connectivity index (χ2n) is 11.3. The fraction of sp³-hybridized carbons (Fsp3) is 0.242. The number of carboxylic acids is 1. The summed E-state index contributed by atoms with van der Waals surface area (Å²) in [6.45, 7) is 13.2. The van der Waals surface area contributed by atoms with Gasteiger partial charge in [0.05, 0.1) is 11.4 Å². The maximum absolute atomic E-state index is 10.1. The fourth-order valence-corrected chi connectivity index (χ4v) is 3.90. The van der Waals surface area contributed by atoms with Crippen LogP contribution in [0.5, 0.6) is 0 Å². The molecule has 6 nitrogen and oxygen atoms in total. The van der Waals surface area contributed by atoms with E-state index in [9.17, 15) is 4.79 Å². The molecule has 0 saturated heterocycles. The topological polar surface area (TPSA) is 88.9 Å². The number of hydrogen-bond acceptors (Lipinski definition) is 5. The van der Waals surface area contributed by atoms with E-state index in [1.807, 2.05) is 30.5 Å². The largest absolute Gasteiger partial charge is 0.477 e. The van der Waals surface area contributed by atoms with E-state index in [0.29, 0.717) is 0 Å². The second-order valence-corrected chi connectivity index (χ2v) is 11.3. The van der Waals surface area contributed by atoms with Gasteiger partial charge < -0.3 is 5.11 Å². The molecule has 3 aromatic heterocycles. The van der Waals surface area contributed by atoms with Gasteiger partial charge in [0.15, 0.2) is 0 Å². The third kappa shape index (κ3) is 7.44. The summed E-state index contributed by atoms with van der Waals surface area (Å²) in [5.41, 5.74) is 4.90. The first-order chi connectivity index (χ1) is 18.4. The Kier molecular flexibility index (Phi) is 9.67. The van der Waals surface area contributed by atoms with Crippen LogP contribution in [0.1, 0.15) is 63.4 Å². The van der Waals surface area contributed by atoms with E-state index in [2.05, 4.69) is 87.9 Å². The van der Waals surface area contributed by atoms with E-state index in [-0.39, 0.29) is 36.6 Å². The SMILES string of the molecule is CC(C)(C)c1cc(C(C)(C)C)nc(-c2cc(-c3ccccn3)[c-]c3ccccc23)n1.O=C(O)c1ccccn1.[Ir]. The van der Waals surface area contributed by atoms with E-state index >= 15 is 0 Å². The van der Waals surface area contributed by atoms with Crippen LogP contribution in [0.2, 0.25) is 0 Å². The Balaban J connectivity index is 0.000000377. The molecule has 0 spiro atoms. The van der Waals surface area contributed by atoms with Gasteiger partial charge in [0.25, 0.3) is 0 Å². The number of benzene rings is 2. The standard InChI is InChI=1S/C27H28N3.C6H5NO2.Ir/c1-26(2,3)23-17-24(27(4,5)6)30-25(29-23)21-16-19(22-13-9-10-14-28-22)15-18-11-7-8-12-20(18)21;8-6(9)5-3-1-2-4-7-5;/h7-14,16-17H,1-6H3;1-4H,(H,8,9);/q-1;;. The van der Waals surface area contributed by atoms with Crippen LogP contribution in [0.25, 0.3) is 33.4 Å². The molecule has 2 aromatic carbocycles. The Labute approximate surface area is 249 Å². The molecule has 1 radical (unpaired) electrons. The zero-order chi connectivity index (χ0) is 28.2. The summed E-state index contributed by atoms with van der Waals surface area (Å²) in [7, 11) is 0. The molecule has 0 aliphatic heterocycles. The number of carbonyl (C=O) groups is 1. The smallest absolute Gasteiger partial charge is 0.354 e. The van der Waals surface area contributed by atoms with E-state index in [4.69, 9.17) is 15.1 Å². The van der Waals surface area contributed by atoms with Crippen LogP contribution < -0.4 is 0 Å². The van der Waals surface area contributed by atoms with E-state index in [0.717, 1.165) is 44.8 Å². The molecular formula is C33H33IrN4O2-. The van der Waals surface area contributed by atoms with Gasteiger partial charge >= 0.3 is 5.97 Å². The fourth-order valence-electron chi connectivity index (χ4n) is 3.90. The van der Waals surface area contributed by atoms with E-state index < -0.39 is 5.97 Å². The Bertz CT molecular complexity index is 1560. The first-order valence-electron chi connectivity index (χ1n) is 12.8. The number of rotatable bonds is 3. The minimum Gasteiger partial charge on any atom is -0.477 e. The van der Waals surface area contributed by atoms with Gasteiger partial charge in [-0.3, -0.25) is 4.98 Å². The molecule has 0 bridgehead atoms. The molecule has 0 unspecified atom stereocenters. The predicted octanol–water partition coefficient (Wildman–Crippen LogP) is 7.53. The monoisotopic (exact) mass is 710 g/mol. The van der Waals surface area contributed by atoms with Crippen LogP contribution in [-0.4, -0.2) is 31.0 Å². The van der Waals surface area contributed by atoms with Crippen LogP contribution in [-0.2, 0) is 30.9 Å². The van der Waals surface area contributed by atoms with Crippen molar-refractivity contribution in [2.45, 2.75) is 52.4 Å². The van der Waals surface area contributed by atoms with Crippen molar-refractivity contribution in [2.75, 3.05) is 0 Å². The van der Waals surface area contributed by atoms with Gasteiger partial charge in [0.2, 0.25) is 0 Å². The van der Waals surface area contributed by atoms with Crippen LogP contribution in [0.4, 0.5) is 0 Å². The predicted molar refractivity (Wildman–Crippen MR) is 156 cm³/mol. The quantitative estimate of drug-likeness (QED) is 0.195. The van der Waals surface area contributed by atoms with Gasteiger partial charge in [-0.05, 0) is 29.8 Å². The minimum absolute atomic E-state index is 0. The number of aromatic carboxylic acids is 1. The van der Waals surface area contributed by atoms with Gasteiger partial charge in [-0.1, -0.05) is 88.9 Å². The van der Waals surface area contributed by atoms with Crippen molar-refractivity contribution in [3.8, 4) is 22.6 Å². The molecular weight excluding hydrogens is 677 g/mol. The normalized spacial score (nSPS) is 11.2. The van der Waals surface area contributed by atoms with Crippen LogP contribution >= 0.6 is 0 Å². The van der Waals surface area contributed by atoms with Crippen molar-refractivity contribution in [2.24, 2.45) is 0 Å². The second kappa shape index (κ2) is 12.6. The molecule has 0 aliphatic rings. The van der Waals surface area contributed by atoms with E-state index in [1.165, 1.54) is 12.3 Å². The van der Waals surface area contributed by atoms with Crippen molar-refractivity contribution >= 4 is 16.7 Å². The summed E-state index contributed by atoms with van der Waals surface area (Å²) < 4.78 is 0. The first-order valence-corrected chi connectivity index (χ1v) is 12.8. The maximum atomic E-state index is 10.1. The number of carboxylic acid groups (broad SMARTS) is 1. The molecule has 0 atom stereocenters. The first kappa shape index (κ1) is 30.7. The zero-order valence-electron chi connectivity index (χ0n) is 23.6. The van der Waals surface area contributed by atoms with Gasteiger partial charge in [0.1, 0.15) is 11.5 Å². The van der Waals surface area contributed by atoms with Crippen molar-refractivity contribution < 1.29 is 30.0 Å². The maximum Gasteiger partial charge on any atom is 0.354 e. The molecule has 207 valence electrons. The number of hydrogen-bond donors (Lipinski definition) is 1. The average Bonchev–Trinajstić information content (AvgIpc) is 2.92. The Morgan fingerprint density at radius 1 is 0.750 bits per heavy atom. The van der Waals surface area contributed by atoms with Gasteiger partial charge in [0, 0.05) is 49.0 Å². The molecule has 40 heavy (non-hydrogen) atoms. The van der Waals surface area contributed by atoms with E-state index in [1.54, 1.807) is 12.1 Å². The summed E-state index contributed by atoms with van der Waals surface area (Å²) in [4.78, 5) is 28.3. The molecule has 0 aliphatic carbocycles. The van der Waals surface area contributed by atoms with Gasteiger partial charge in [-0.2, -0.15) is 0 Å². The van der Waals surface area contributed by atoms with Crippen molar-refractivity contribution in [3.05, 3.63) is 108 Å². The molecule has 0 amide bonds. The summed E-state index contributed by atoms with van der Waals surface area (Å²) in [5, 5.41) is 10.5. The Morgan fingerprint density at radius 3 is 1.82 bits per heavy atom. The number of fused-ring (bicyclic) bond motifs is 1. The molecule has 5 rings (SSSR count). The number of nitrogens with zero attached hydrogens (tertiary/aromatic N) is 4. The van der Waals surface area contributed by atoms with Gasteiger partial charge in [-0.25, -0.2) is 19.7 Å². The van der Waals surface area contributed by atoms with Crippen LogP contribution in [0.3, 0.4) is 0 Å². The van der Waals surface area contributed by atoms with Crippen molar-refractivity contribution in [3.63, 3.8) is 0 Å². The summed E-state index contributed by atoms with van der Waals surface area (Å²) in [6, 6.07) is 26.8. The molecule has 1 N–H and O–H groups in total. The zero-order valence-corrected chi connectivity index (χ0v) is 26.0. The summed E-state index contributed by atoms with van der Waals surface area (Å²) >= 11 is 0. The molecule has 3 heterocycles. The molecule has 7 heteroatoms. The Morgan fingerprint density at radius 2 is 1.32 bits per heavy atom. The average molecular weight is 710 g/mol. The summed E-state index contributed by atoms with van der Waals surface area (Å²) in [5.74, 6) is -0.231. The molecule has 0 fully saturated rings. The molecule has 5 aromatic rings. The van der Waals surface area contributed by atoms with Gasteiger partial charge in [-0.15, -0.1) is 23.6 Å². The third-order valence-electron chi connectivity index (χ3n) is 6.10. The number of pyridine rings is 2. The minimum atomic E-state index is -0.990. The van der Waals surface area contributed by atoms with Crippen LogP contribution in [0, 0.1) is 6.07 Å². The van der Waals surface area contributed by atoms with Crippen LogP contribution in [0.15, 0.2) is 85.2 Å². The summed E-state index contributed by atoms with van der Waals surface area (Å²) in [6.07, 6.45) is 3.26. The Hall–Kier alpha value is -3.80. The molecule has 0 saturated carbocycles. The van der Waals surface area contributed by atoms with Crippen molar-refractivity contribution in [1.29, 1.82) is 0 Å².